The quantitative estimate of drug-likeness (QED) is 0.298. The molecule has 0 unspecified atom stereocenters. The van der Waals surface area contributed by atoms with Gasteiger partial charge in [0.2, 0.25) is 0 Å². The molecule has 4 rings (SSSR count). The summed E-state index contributed by atoms with van der Waals surface area (Å²) in [4.78, 5) is 21.6. The molecule has 35 heavy (non-hydrogen) atoms. The number of methoxy groups -OCH3 is 2. The molecule has 3 aromatic carbocycles. The van der Waals surface area contributed by atoms with Crippen molar-refractivity contribution >= 4 is 34.6 Å². The van der Waals surface area contributed by atoms with E-state index in [0.717, 1.165) is 11.4 Å². The average Bonchev–Trinajstić information content (AvgIpc) is 2.86. The van der Waals surface area contributed by atoms with E-state index in [1.165, 1.54) is 12.7 Å². The van der Waals surface area contributed by atoms with Crippen LogP contribution in [0, 0.1) is 13.8 Å². The van der Waals surface area contributed by atoms with Crippen LogP contribution >= 0.6 is 0 Å². The second-order valence-corrected chi connectivity index (χ2v) is 7.90. The van der Waals surface area contributed by atoms with E-state index in [2.05, 4.69) is 25.9 Å². The van der Waals surface area contributed by atoms with Gasteiger partial charge in [-0.25, -0.2) is 9.97 Å². The molecule has 8 heteroatoms. The number of nitrogens with zero attached hydrogens (tertiary/aromatic N) is 2. The maximum atomic E-state index is 12.7. The fourth-order valence-corrected chi connectivity index (χ4v) is 3.45. The van der Waals surface area contributed by atoms with Gasteiger partial charge >= 0.3 is 0 Å². The number of amides is 1. The molecular weight excluding hydrogens is 442 g/mol. The third-order valence-corrected chi connectivity index (χ3v) is 5.22. The van der Waals surface area contributed by atoms with Crippen molar-refractivity contribution in [2.45, 2.75) is 13.8 Å². The SMILES string of the molecule is COc1ccc(C(=O)Nc2ccc(Nc3cc(Nc4ccc(C)cc4)nc(C)n3)cc2)cc1OC. The molecule has 1 amide bonds. The Hall–Kier alpha value is -4.59. The molecule has 4 aromatic rings. The lowest BCUT2D eigenvalue weighted by atomic mass is 10.1. The minimum Gasteiger partial charge on any atom is -0.493 e. The van der Waals surface area contributed by atoms with E-state index in [-0.39, 0.29) is 5.91 Å². The van der Waals surface area contributed by atoms with E-state index in [9.17, 15) is 4.79 Å². The van der Waals surface area contributed by atoms with Crippen molar-refractivity contribution in [3.8, 4) is 11.5 Å². The van der Waals surface area contributed by atoms with E-state index in [1.807, 2.05) is 68.4 Å². The molecule has 0 atom stereocenters. The summed E-state index contributed by atoms with van der Waals surface area (Å²) in [5.41, 5.74) is 4.11. The zero-order valence-corrected chi connectivity index (χ0v) is 20.0. The predicted octanol–water partition coefficient (Wildman–Crippen LogP) is 5.85. The van der Waals surface area contributed by atoms with E-state index in [4.69, 9.17) is 9.47 Å². The number of hydrogen-bond donors (Lipinski definition) is 3. The number of rotatable bonds is 8. The maximum absolute atomic E-state index is 12.7. The Morgan fingerprint density at radius 1 is 0.686 bits per heavy atom. The molecule has 0 saturated carbocycles. The van der Waals surface area contributed by atoms with Crippen molar-refractivity contribution in [2.24, 2.45) is 0 Å². The number of nitrogens with one attached hydrogen (secondary N) is 3. The van der Waals surface area contributed by atoms with Gasteiger partial charge in [-0.1, -0.05) is 17.7 Å². The number of benzene rings is 3. The molecule has 0 spiro atoms. The molecule has 1 aromatic heterocycles. The topological polar surface area (TPSA) is 97.4 Å². The second kappa shape index (κ2) is 10.6. The number of carbonyl (C=O) groups excluding carboxylic acids is 1. The minimum absolute atomic E-state index is 0.245. The van der Waals surface area contributed by atoms with Crippen LogP contribution in [0.1, 0.15) is 21.7 Å². The van der Waals surface area contributed by atoms with Crippen LogP contribution in [0.15, 0.2) is 72.8 Å². The van der Waals surface area contributed by atoms with E-state index < -0.39 is 0 Å². The summed E-state index contributed by atoms with van der Waals surface area (Å²) in [5.74, 6) is 2.82. The third kappa shape index (κ3) is 6.05. The van der Waals surface area contributed by atoms with Crippen LogP contribution in [-0.2, 0) is 0 Å². The first-order valence-corrected chi connectivity index (χ1v) is 11.0. The molecule has 0 aliphatic rings. The van der Waals surface area contributed by atoms with Crippen molar-refractivity contribution in [3.63, 3.8) is 0 Å². The fourth-order valence-electron chi connectivity index (χ4n) is 3.45. The molecule has 3 N–H and O–H groups in total. The maximum Gasteiger partial charge on any atom is 0.255 e. The first-order valence-electron chi connectivity index (χ1n) is 11.0. The number of carbonyl (C=O) groups is 1. The first-order chi connectivity index (χ1) is 16.9. The van der Waals surface area contributed by atoms with E-state index in [1.54, 1.807) is 25.3 Å². The monoisotopic (exact) mass is 469 g/mol. The highest BCUT2D eigenvalue weighted by molar-refractivity contribution is 6.04. The number of hydrogen-bond acceptors (Lipinski definition) is 7. The lowest BCUT2D eigenvalue weighted by Gasteiger charge is -2.12. The highest BCUT2D eigenvalue weighted by atomic mass is 16.5. The van der Waals surface area contributed by atoms with Crippen molar-refractivity contribution in [3.05, 3.63) is 89.7 Å². The molecule has 0 aliphatic heterocycles. The van der Waals surface area contributed by atoms with Crippen LogP contribution in [0.25, 0.3) is 0 Å². The van der Waals surface area contributed by atoms with Crippen LogP contribution in [0.2, 0.25) is 0 Å². The summed E-state index contributed by atoms with van der Waals surface area (Å²) in [5, 5.41) is 9.48. The van der Waals surface area contributed by atoms with Gasteiger partial charge in [0.1, 0.15) is 17.5 Å². The number of anilines is 5. The summed E-state index contributed by atoms with van der Waals surface area (Å²) in [6, 6.07) is 22.4. The van der Waals surface area contributed by atoms with E-state index in [0.29, 0.717) is 40.2 Å². The molecule has 0 bridgehead atoms. The molecule has 0 saturated heterocycles. The Labute approximate surface area is 204 Å². The first kappa shape index (κ1) is 23.6. The Kier molecular flexibility index (Phi) is 7.11. The fraction of sp³-hybridized carbons (Fsp3) is 0.148. The average molecular weight is 470 g/mol. The van der Waals surface area contributed by atoms with E-state index >= 15 is 0 Å². The molecule has 0 fully saturated rings. The molecular formula is C27H27N5O3. The number of ether oxygens (including phenoxy) is 2. The number of aryl methyl sites for hydroxylation is 2. The minimum atomic E-state index is -0.245. The standard InChI is InChI=1S/C27H27N5O3/c1-17-5-8-20(9-6-17)30-25-16-26(29-18(2)28-25)31-21-10-12-22(13-11-21)32-27(33)19-7-14-23(34-3)24(15-19)35-4/h5-16H,1-4H3,(H,32,33)(H2,28,29,30,31). The van der Waals surface area contributed by atoms with Gasteiger partial charge in [-0.15, -0.1) is 0 Å². The largest absolute Gasteiger partial charge is 0.493 e. The zero-order chi connectivity index (χ0) is 24.8. The van der Waals surface area contributed by atoms with Gasteiger partial charge in [-0.05, 0) is 68.4 Å². The summed E-state index contributed by atoms with van der Waals surface area (Å²) < 4.78 is 10.5. The van der Waals surface area contributed by atoms with Gasteiger partial charge in [0.15, 0.2) is 11.5 Å². The van der Waals surface area contributed by atoms with Crippen LogP contribution in [-0.4, -0.2) is 30.1 Å². The molecule has 178 valence electrons. The van der Waals surface area contributed by atoms with Gasteiger partial charge in [0, 0.05) is 28.7 Å². The van der Waals surface area contributed by atoms with Crippen molar-refractivity contribution in [1.29, 1.82) is 0 Å². The van der Waals surface area contributed by atoms with Crippen molar-refractivity contribution in [1.82, 2.24) is 9.97 Å². The Morgan fingerprint density at radius 3 is 1.80 bits per heavy atom. The van der Waals surface area contributed by atoms with Gasteiger partial charge in [0.25, 0.3) is 5.91 Å². The molecule has 0 radical (unpaired) electrons. The molecule has 1 heterocycles. The smallest absolute Gasteiger partial charge is 0.255 e. The normalized spacial score (nSPS) is 10.4. The van der Waals surface area contributed by atoms with Gasteiger partial charge < -0.3 is 25.4 Å². The molecule has 8 nitrogen and oxygen atoms in total. The van der Waals surface area contributed by atoms with Crippen LogP contribution in [0.3, 0.4) is 0 Å². The lowest BCUT2D eigenvalue weighted by Crippen LogP contribution is -2.12. The van der Waals surface area contributed by atoms with Crippen molar-refractivity contribution < 1.29 is 14.3 Å². The van der Waals surface area contributed by atoms with Crippen molar-refractivity contribution in [2.75, 3.05) is 30.2 Å². The summed E-state index contributed by atoms with van der Waals surface area (Å²) in [6.45, 7) is 3.89. The summed E-state index contributed by atoms with van der Waals surface area (Å²) in [6.07, 6.45) is 0. The third-order valence-electron chi connectivity index (χ3n) is 5.22. The summed E-state index contributed by atoms with van der Waals surface area (Å²) >= 11 is 0. The highest BCUT2D eigenvalue weighted by Crippen LogP contribution is 2.28. The zero-order valence-electron chi connectivity index (χ0n) is 20.0. The van der Waals surface area contributed by atoms with Gasteiger partial charge in [0.05, 0.1) is 14.2 Å². The van der Waals surface area contributed by atoms with Crippen LogP contribution < -0.4 is 25.4 Å². The Morgan fingerprint density at radius 2 is 1.23 bits per heavy atom. The predicted molar refractivity (Wildman–Crippen MR) is 138 cm³/mol. The van der Waals surface area contributed by atoms with Crippen LogP contribution in [0.4, 0.5) is 28.7 Å². The number of aromatic nitrogens is 2. The van der Waals surface area contributed by atoms with Gasteiger partial charge in [-0.2, -0.15) is 0 Å². The summed E-state index contributed by atoms with van der Waals surface area (Å²) in [7, 11) is 3.09. The highest BCUT2D eigenvalue weighted by Gasteiger charge is 2.11. The second-order valence-electron chi connectivity index (χ2n) is 7.90. The lowest BCUT2D eigenvalue weighted by molar-refractivity contribution is 0.102. The van der Waals surface area contributed by atoms with Crippen LogP contribution in [0.5, 0.6) is 11.5 Å². The Bertz CT molecular complexity index is 1320. The Balaban J connectivity index is 1.42. The molecule has 0 aliphatic carbocycles. The van der Waals surface area contributed by atoms with Gasteiger partial charge in [-0.3, -0.25) is 4.79 Å².